The second-order valence-electron chi connectivity index (χ2n) is 5.49. The Hall–Kier alpha value is -2.31. The van der Waals surface area contributed by atoms with Crippen molar-refractivity contribution in [3.8, 4) is 5.69 Å². The van der Waals surface area contributed by atoms with Crippen molar-refractivity contribution >= 4 is 38.5 Å². The molecule has 0 fully saturated rings. The van der Waals surface area contributed by atoms with Gasteiger partial charge < -0.3 is 0 Å². The summed E-state index contributed by atoms with van der Waals surface area (Å²) in [7, 11) is 0. The zero-order valence-corrected chi connectivity index (χ0v) is 15.1. The van der Waals surface area contributed by atoms with Gasteiger partial charge in [0.05, 0.1) is 23.6 Å². The molecular weight excluding hydrogens is 409 g/mol. The molecule has 1 aliphatic rings. The Labute approximate surface area is 156 Å². The van der Waals surface area contributed by atoms with Gasteiger partial charge in [-0.1, -0.05) is 34.1 Å². The highest BCUT2D eigenvalue weighted by atomic mass is 79.9. The normalized spacial score (nSPS) is 12.8. The molecule has 0 atom stereocenters. The van der Waals surface area contributed by atoms with Crippen LogP contribution in [0.15, 0.2) is 58.3 Å². The fourth-order valence-electron chi connectivity index (χ4n) is 2.93. The van der Waals surface area contributed by atoms with Gasteiger partial charge in [0.1, 0.15) is 17.8 Å². The smallest absolute Gasteiger partial charge is 0.272 e. The maximum Gasteiger partial charge on any atom is 0.272 e. The van der Waals surface area contributed by atoms with E-state index in [1.165, 1.54) is 18.5 Å². The molecule has 3 aromatic rings. The van der Waals surface area contributed by atoms with Crippen molar-refractivity contribution in [3.05, 3.63) is 81.6 Å². The van der Waals surface area contributed by atoms with Crippen LogP contribution in [0.3, 0.4) is 0 Å². The number of hydrogen-bond acceptors (Lipinski definition) is 3. The lowest BCUT2D eigenvalue weighted by Crippen LogP contribution is -2.08. The molecule has 4 rings (SSSR count). The van der Waals surface area contributed by atoms with Crippen molar-refractivity contribution in [3.63, 3.8) is 0 Å². The first-order valence-electron chi connectivity index (χ1n) is 7.42. The number of imidazole rings is 1. The molecule has 0 amide bonds. The lowest BCUT2D eigenvalue weighted by Gasteiger charge is -2.12. The molecule has 1 aliphatic heterocycles. The molecule has 2 aromatic carbocycles. The molecule has 0 spiro atoms. The van der Waals surface area contributed by atoms with Gasteiger partial charge in [0, 0.05) is 15.6 Å². The van der Waals surface area contributed by atoms with E-state index >= 15 is 0 Å². The van der Waals surface area contributed by atoms with Crippen molar-refractivity contribution in [2.24, 2.45) is 4.99 Å². The Morgan fingerprint density at radius 2 is 2.00 bits per heavy atom. The van der Waals surface area contributed by atoms with E-state index < -0.39 is 5.24 Å². The second-order valence-corrected chi connectivity index (χ2v) is 6.69. The van der Waals surface area contributed by atoms with Gasteiger partial charge in [-0.25, -0.2) is 9.37 Å². The first-order chi connectivity index (χ1) is 12.1. The van der Waals surface area contributed by atoms with Crippen LogP contribution in [0.1, 0.15) is 27.3 Å². The molecule has 0 aliphatic carbocycles. The maximum atomic E-state index is 14.0. The molecule has 0 unspecified atom stereocenters. The van der Waals surface area contributed by atoms with Crippen molar-refractivity contribution in [1.82, 2.24) is 9.55 Å². The number of halogens is 3. The van der Waals surface area contributed by atoms with E-state index in [-0.39, 0.29) is 18.1 Å². The van der Waals surface area contributed by atoms with Gasteiger partial charge in [-0.15, -0.1) is 0 Å². The molecule has 0 saturated heterocycles. The van der Waals surface area contributed by atoms with Crippen LogP contribution in [0.4, 0.5) is 4.39 Å². The predicted octanol–water partition coefficient (Wildman–Crippen LogP) is 4.50. The summed E-state index contributed by atoms with van der Waals surface area (Å²) in [5, 5.41) is -0.642. The van der Waals surface area contributed by atoms with Crippen LogP contribution in [0.5, 0.6) is 0 Å². The van der Waals surface area contributed by atoms with Gasteiger partial charge in [0.25, 0.3) is 5.24 Å². The Balaban J connectivity index is 2.01. The molecule has 0 N–H and O–H groups in total. The third-order valence-corrected chi connectivity index (χ3v) is 4.91. The number of fused-ring (bicyclic) bond motifs is 3. The van der Waals surface area contributed by atoms with Gasteiger partial charge >= 0.3 is 0 Å². The maximum absolute atomic E-state index is 14.0. The average molecular weight is 419 g/mol. The van der Waals surface area contributed by atoms with Crippen LogP contribution in [-0.2, 0) is 6.54 Å². The molecule has 1 aromatic heterocycles. The summed E-state index contributed by atoms with van der Waals surface area (Å²) in [6.07, 6.45) is 1.51. The fourth-order valence-corrected chi connectivity index (χ4v) is 3.56. The Morgan fingerprint density at radius 3 is 2.76 bits per heavy atom. The highest BCUT2D eigenvalue weighted by Crippen LogP contribution is 2.30. The first-order valence-corrected chi connectivity index (χ1v) is 8.59. The number of rotatable bonds is 2. The molecule has 0 saturated carbocycles. The molecule has 0 radical (unpaired) electrons. The summed E-state index contributed by atoms with van der Waals surface area (Å²) < 4.78 is 16.5. The molecule has 7 heteroatoms. The highest BCUT2D eigenvalue weighted by molar-refractivity contribution is 9.10. The third kappa shape index (κ3) is 2.71. The highest BCUT2D eigenvalue weighted by Gasteiger charge is 2.24. The van der Waals surface area contributed by atoms with E-state index in [9.17, 15) is 9.18 Å². The minimum Gasteiger partial charge on any atom is -0.300 e. The van der Waals surface area contributed by atoms with Crippen molar-refractivity contribution < 1.29 is 9.18 Å². The topological polar surface area (TPSA) is 47.2 Å². The van der Waals surface area contributed by atoms with Crippen LogP contribution in [-0.4, -0.2) is 20.5 Å². The summed E-state index contributed by atoms with van der Waals surface area (Å²) in [5.41, 5.74) is 3.53. The van der Waals surface area contributed by atoms with E-state index in [4.69, 9.17) is 11.6 Å². The van der Waals surface area contributed by atoms with Gasteiger partial charge in [0.15, 0.2) is 0 Å². The standard InChI is InChI=1S/C18H10BrClFN3O/c19-13-4-2-1-3-11(13)16-12-7-10(21)5-6-14(12)24-9-23-17(18(20)25)15(24)8-22-16/h1-7,9H,8H2. The third-order valence-electron chi connectivity index (χ3n) is 4.04. The molecule has 4 nitrogen and oxygen atoms in total. The number of carbonyl (C=O) groups is 1. The van der Waals surface area contributed by atoms with Crippen LogP contribution in [0.25, 0.3) is 5.69 Å². The second kappa shape index (κ2) is 6.20. The molecular formula is C18H10BrClFN3O. The number of benzene rings is 2. The molecule has 25 heavy (non-hydrogen) atoms. The molecule has 2 heterocycles. The minimum absolute atomic E-state index is 0.161. The Kier molecular flexibility index (Phi) is 4.01. The van der Waals surface area contributed by atoms with E-state index in [0.717, 1.165) is 10.0 Å². The summed E-state index contributed by atoms with van der Waals surface area (Å²) in [6, 6.07) is 12.0. The van der Waals surface area contributed by atoms with Crippen LogP contribution >= 0.6 is 27.5 Å². The predicted molar refractivity (Wildman–Crippen MR) is 97.2 cm³/mol. The van der Waals surface area contributed by atoms with Gasteiger partial charge in [-0.05, 0) is 35.9 Å². The number of carbonyl (C=O) groups excluding carboxylic acids is 1. The van der Waals surface area contributed by atoms with E-state index in [1.807, 2.05) is 24.3 Å². The molecule has 124 valence electrons. The first kappa shape index (κ1) is 16.2. The van der Waals surface area contributed by atoms with E-state index in [1.54, 1.807) is 10.6 Å². The Bertz CT molecular complexity index is 1040. The van der Waals surface area contributed by atoms with E-state index in [0.29, 0.717) is 22.7 Å². The lowest BCUT2D eigenvalue weighted by molar-refractivity contribution is 0.107. The van der Waals surface area contributed by atoms with Crippen LogP contribution in [0, 0.1) is 5.82 Å². The van der Waals surface area contributed by atoms with Crippen LogP contribution in [0.2, 0.25) is 0 Å². The number of nitrogens with zero attached hydrogens (tertiary/aromatic N) is 3. The van der Waals surface area contributed by atoms with Gasteiger partial charge in [0.2, 0.25) is 0 Å². The lowest BCUT2D eigenvalue weighted by atomic mass is 10.0. The monoisotopic (exact) mass is 417 g/mol. The summed E-state index contributed by atoms with van der Waals surface area (Å²) in [6.45, 7) is 0.209. The Morgan fingerprint density at radius 1 is 1.20 bits per heavy atom. The summed E-state index contributed by atoms with van der Waals surface area (Å²) in [5.74, 6) is -0.365. The van der Waals surface area contributed by atoms with Crippen LogP contribution < -0.4 is 0 Å². The van der Waals surface area contributed by atoms with Gasteiger partial charge in [-0.3, -0.25) is 14.4 Å². The zero-order valence-electron chi connectivity index (χ0n) is 12.7. The number of aromatic nitrogens is 2. The van der Waals surface area contributed by atoms with Gasteiger partial charge in [-0.2, -0.15) is 0 Å². The summed E-state index contributed by atoms with van der Waals surface area (Å²) in [4.78, 5) is 20.4. The number of aliphatic imine (C=N–C) groups is 1. The zero-order chi connectivity index (χ0) is 17.6. The molecule has 0 bridgehead atoms. The van der Waals surface area contributed by atoms with Crippen molar-refractivity contribution in [2.45, 2.75) is 6.54 Å². The summed E-state index contributed by atoms with van der Waals surface area (Å²) >= 11 is 9.16. The quantitative estimate of drug-likeness (QED) is 0.575. The largest absolute Gasteiger partial charge is 0.300 e. The van der Waals surface area contributed by atoms with Crippen molar-refractivity contribution in [2.75, 3.05) is 0 Å². The minimum atomic E-state index is -0.642. The average Bonchev–Trinajstić information content (AvgIpc) is 2.94. The fraction of sp³-hybridized carbons (Fsp3) is 0.0556. The number of hydrogen-bond donors (Lipinski definition) is 0. The van der Waals surface area contributed by atoms with E-state index in [2.05, 4.69) is 25.9 Å². The SMILES string of the molecule is O=C(Cl)c1ncn2c1CN=C(c1ccccc1Br)c1cc(F)ccc1-2. The van der Waals surface area contributed by atoms with Crippen molar-refractivity contribution in [1.29, 1.82) is 0 Å².